The molecule has 1 saturated heterocycles. The third-order valence-electron chi connectivity index (χ3n) is 3.15. The number of benzene rings is 1. The quantitative estimate of drug-likeness (QED) is 0.780. The number of β-amino-alcohol motifs (C(OH)–C–C–N with tert-alkyl or cyclic N) is 2. The first-order chi connectivity index (χ1) is 8.61. The molecule has 2 atom stereocenters. The molecule has 1 fully saturated rings. The Labute approximate surface area is 106 Å². The smallest absolute Gasteiger partial charge is 0.227 e. The Morgan fingerprint density at radius 3 is 2.56 bits per heavy atom. The number of carbonyl (C=O) groups excluding carboxylic acids is 1. The summed E-state index contributed by atoms with van der Waals surface area (Å²) in [5.41, 5.74) is 0.806. The molecule has 0 radical (unpaired) electrons. The predicted octanol–water partition coefficient (Wildman–Crippen LogP) is -0.198. The van der Waals surface area contributed by atoms with Crippen molar-refractivity contribution in [1.82, 2.24) is 4.90 Å². The lowest BCUT2D eigenvalue weighted by molar-refractivity contribution is -0.130. The molecular weight excluding hydrogens is 234 g/mol. The molecule has 0 bridgehead atoms. The maximum absolute atomic E-state index is 12.0. The third-order valence-corrected chi connectivity index (χ3v) is 3.15. The first kappa shape index (κ1) is 12.9. The Kier molecular flexibility index (Phi) is 3.84. The van der Waals surface area contributed by atoms with Gasteiger partial charge >= 0.3 is 0 Å². The monoisotopic (exact) mass is 251 g/mol. The van der Waals surface area contributed by atoms with Crippen LogP contribution in [0.25, 0.3) is 0 Å². The van der Waals surface area contributed by atoms with E-state index in [1.54, 1.807) is 13.2 Å². The van der Waals surface area contributed by atoms with Crippen molar-refractivity contribution in [3.63, 3.8) is 0 Å². The van der Waals surface area contributed by atoms with Crippen LogP contribution in [-0.2, 0) is 11.2 Å². The Morgan fingerprint density at radius 2 is 1.94 bits per heavy atom. The Morgan fingerprint density at radius 1 is 1.33 bits per heavy atom. The summed E-state index contributed by atoms with van der Waals surface area (Å²) in [5.74, 6) is 0.557. The lowest BCUT2D eigenvalue weighted by Crippen LogP contribution is -2.31. The van der Waals surface area contributed by atoms with Crippen molar-refractivity contribution in [3.05, 3.63) is 29.8 Å². The van der Waals surface area contributed by atoms with Gasteiger partial charge in [-0.1, -0.05) is 18.2 Å². The number of rotatable bonds is 3. The number of amides is 1. The summed E-state index contributed by atoms with van der Waals surface area (Å²) < 4.78 is 5.18. The summed E-state index contributed by atoms with van der Waals surface area (Å²) >= 11 is 0. The fourth-order valence-corrected chi connectivity index (χ4v) is 2.10. The number of aliphatic hydroxyl groups excluding tert-OH is 2. The molecule has 98 valence electrons. The second-order valence-corrected chi connectivity index (χ2v) is 4.42. The minimum absolute atomic E-state index is 0.116. The summed E-state index contributed by atoms with van der Waals surface area (Å²) in [7, 11) is 1.56. The van der Waals surface area contributed by atoms with E-state index in [0.717, 1.165) is 5.56 Å². The van der Waals surface area contributed by atoms with Gasteiger partial charge in [0, 0.05) is 18.7 Å². The normalized spacial score (nSPS) is 23.2. The first-order valence-corrected chi connectivity index (χ1v) is 5.87. The van der Waals surface area contributed by atoms with Crippen LogP contribution < -0.4 is 4.74 Å². The van der Waals surface area contributed by atoms with E-state index in [1.807, 2.05) is 18.2 Å². The van der Waals surface area contributed by atoms with Crippen LogP contribution in [0.1, 0.15) is 5.56 Å². The van der Waals surface area contributed by atoms with Crippen molar-refractivity contribution in [2.24, 2.45) is 0 Å². The molecular formula is C13H17NO4. The largest absolute Gasteiger partial charge is 0.496 e. The van der Waals surface area contributed by atoms with Crippen LogP contribution in [0.15, 0.2) is 24.3 Å². The fourth-order valence-electron chi connectivity index (χ4n) is 2.10. The van der Waals surface area contributed by atoms with Crippen LogP contribution in [0.5, 0.6) is 5.75 Å². The van der Waals surface area contributed by atoms with E-state index < -0.39 is 12.2 Å². The molecule has 18 heavy (non-hydrogen) atoms. The van der Waals surface area contributed by atoms with Gasteiger partial charge in [-0.15, -0.1) is 0 Å². The molecule has 2 rings (SSSR count). The van der Waals surface area contributed by atoms with Gasteiger partial charge in [0.15, 0.2) is 0 Å². The van der Waals surface area contributed by atoms with Crippen molar-refractivity contribution >= 4 is 5.91 Å². The zero-order valence-corrected chi connectivity index (χ0v) is 10.2. The Balaban J connectivity index is 2.03. The van der Waals surface area contributed by atoms with Crippen molar-refractivity contribution in [2.75, 3.05) is 20.2 Å². The molecule has 0 aromatic heterocycles. The van der Waals surface area contributed by atoms with E-state index in [1.165, 1.54) is 4.90 Å². The van der Waals surface area contributed by atoms with Gasteiger partial charge in [0.05, 0.1) is 25.7 Å². The minimum Gasteiger partial charge on any atom is -0.496 e. The second kappa shape index (κ2) is 5.37. The number of likely N-dealkylation sites (tertiary alicyclic amines) is 1. The Bertz CT molecular complexity index is 425. The molecule has 1 heterocycles. The number of hydrogen-bond acceptors (Lipinski definition) is 4. The van der Waals surface area contributed by atoms with E-state index in [4.69, 9.17) is 4.74 Å². The average Bonchev–Trinajstić information content (AvgIpc) is 2.70. The number of ether oxygens (including phenoxy) is 1. The zero-order valence-electron chi connectivity index (χ0n) is 10.2. The Hall–Kier alpha value is -1.59. The molecule has 0 unspecified atom stereocenters. The molecule has 0 aliphatic carbocycles. The van der Waals surface area contributed by atoms with Crippen LogP contribution in [0.2, 0.25) is 0 Å². The molecule has 1 aliphatic heterocycles. The van der Waals surface area contributed by atoms with E-state index in [-0.39, 0.29) is 25.4 Å². The third kappa shape index (κ3) is 2.63. The molecule has 5 nitrogen and oxygen atoms in total. The summed E-state index contributed by atoms with van der Waals surface area (Å²) in [4.78, 5) is 13.5. The first-order valence-electron chi connectivity index (χ1n) is 5.87. The average molecular weight is 251 g/mol. The van der Waals surface area contributed by atoms with Gasteiger partial charge in [0.25, 0.3) is 0 Å². The number of carbonyl (C=O) groups is 1. The van der Waals surface area contributed by atoms with Crippen molar-refractivity contribution in [2.45, 2.75) is 18.6 Å². The highest BCUT2D eigenvalue weighted by Crippen LogP contribution is 2.19. The van der Waals surface area contributed by atoms with Gasteiger partial charge < -0.3 is 19.8 Å². The van der Waals surface area contributed by atoms with Crippen LogP contribution in [-0.4, -0.2) is 53.4 Å². The summed E-state index contributed by atoms with van der Waals surface area (Å²) in [6, 6.07) is 7.32. The summed E-state index contributed by atoms with van der Waals surface area (Å²) in [5, 5.41) is 18.8. The van der Waals surface area contributed by atoms with Crippen molar-refractivity contribution in [3.8, 4) is 5.75 Å². The van der Waals surface area contributed by atoms with Crippen molar-refractivity contribution in [1.29, 1.82) is 0 Å². The molecule has 1 aromatic rings. The maximum atomic E-state index is 12.0. The van der Waals surface area contributed by atoms with E-state index in [9.17, 15) is 15.0 Å². The SMILES string of the molecule is COc1ccccc1CC(=O)N1C[C@@H](O)[C@@H](O)C1. The lowest BCUT2D eigenvalue weighted by atomic mass is 10.1. The highest BCUT2D eigenvalue weighted by molar-refractivity contribution is 5.80. The molecule has 1 aromatic carbocycles. The molecule has 1 aliphatic rings. The van der Waals surface area contributed by atoms with Gasteiger partial charge in [-0.2, -0.15) is 0 Å². The van der Waals surface area contributed by atoms with E-state index >= 15 is 0 Å². The van der Waals surface area contributed by atoms with Crippen LogP contribution in [0, 0.1) is 0 Å². The van der Waals surface area contributed by atoms with E-state index in [2.05, 4.69) is 0 Å². The van der Waals surface area contributed by atoms with E-state index in [0.29, 0.717) is 5.75 Å². The van der Waals surface area contributed by atoms with Gasteiger partial charge in [-0.3, -0.25) is 4.79 Å². The minimum atomic E-state index is -0.841. The number of methoxy groups -OCH3 is 1. The molecule has 0 spiro atoms. The predicted molar refractivity (Wildman–Crippen MR) is 65.3 cm³/mol. The highest BCUT2D eigenvalue weighted by atomic mass is 16.5. The van der Waals surface area contributed by atoms with Crippen LogP contribution in [0.4, 0.5) is 0 Å². The maximum Gasteiger partial charge on any atom is 0.227 e. The van der Waals surface area contributed by atoms with Gasteiger partial charge in [-0.05, 0) is 6.07 Å². The van der Waals surface area contributed by atoms with Crippen molar-refractivity contribution < 1.29 is 19.7 Å². The van der Waals surface area contributed by atoms with Crippen LogP contribution in [0.3, 0.4) is 0 Å². The highest BCUT2D eigenvalue weighted by Gasteiger charge is 2.32. The van der Waals surface area contributed by atoms with Gasteiger partial charge in [0.2, 0.25) is 5.91 Å². The second-order valence-electron chi connectivity index (χ2n) is 4.42. The van der Waals surface area contributed by atoms with Gasteiger partial charge in [-0.25, -0.2) is 0 Å². The topological polar surface area (TPSA) is 70.0 Å². The van der Waals surface area contributed by atoms with Crippen LogP contribution >= 0.6 is 0 Å². The molecule has 0 saturated carbocycles. The zero-order chi connectivity index (χ0) is 13.1. The lowest BCUT2D eigenvalue weighted by Gasteiger charge is -2.16. The molecule has 2 N–H and O–H groups in total. The number of nitrogens with zero attached hydrogens (tertiary/aromatic N) is 1. The van der Waals surface area contributed by atoms with Gasteiger partial charge in [0.1, 0.15) is 5.75 Å². The standard InChI is InChI=1S/C13H17NO4/c1-18-12-5-3-2-4-9(12)6-13(17)14-7-10(15)11(16)8-14/h2-5,10-11,15-16H,6-8H2,1H3/t10-,11+. The number of hydrogen-bond donors (Lipinski definition) is 2. The molecule has 1 amide bonds. The number of aliphatic hydroxyl groups is 2. The number of para-hydroxylation sites is 1. The fraction of sp³-hybridized carbons (Fsp3) is 0.462. The summed E-state index contributed by atoms with van der Waals surface area (Å²) in [6.07, 6.45) is -1.47. The summed E-state index contributed by atoms with van der Waals surface area (Å²) in [6.45, 7) is 0.379. The molecule has 5 heteroatoms.